The third-order valence-electron chi connectivity index (χ3n) is 6.58. The van der Waals surface area contributed by atoms with Gasteiger partial charge in [0, 0.05) is 25.4 Å². The first kappa shape index (κ1) is 12.4. The zero-order valence-electron chi connectivity index (χ0n) is 12.0. The lowest BCUT2D eigenvalue weighted by Gasteiger charge is -2.57. The van der Waals surface area contributed by atoms with Crippen LogP contribution < -0.4 is 5.32 Å². The van der Waals surface area contributed by atoms with Gasteiger partial charge in [0.25, 0.3) is 0 Å². The van der Waals surface area contributed by atoms with Crippen LogP contribution in [0.25, 0.3) is 0 Å². The van der Waals surface area contributed by atoms with Crippen LogP contribution in [0.2, 0.25) is 0 Å². The molecule has 1 unspecified atom stereocenters. The highest BCUT2D eigenvalue weighted by atomic mass is 16.1. The molecule has 2 heteroatoms. The molecule has 0 radical (unpaired) electrons. The topological polar surface area (TPSA) is 29.1 Å². The number of nitrogens with one attached hydrogen (secondary N) is 1. The van der Waals surface area contributed by atoms with Crippen molar-refractivity contribution in [2.45, 2.75) is 57.8 Å². The van der Waals surface area contributed by atoms with Crippen molar-refractivity contribution in [3.8, 4) is 0 Å². The molecule has 5 aliphatic rings. The van der Waals surface area contributed by atoms with Crippen LogP contribution in [0.5, 0.6) is 0 Å². The van der Waals surface area contributed by atoms with Crippen molar-refractivity contribution in [3.63, 3.8) is 0 Å². The average Bonchev–Trinajstić information content (AvgIpc) is 2.36. The molecule has 0 spiro atoms. The SMILES string of the molecule is O=C1CCNCC1CCC12CC3CC(CC(C3)C1)C2. The minimum atomic E-state index is 0.335. The third-order valence-corrected chi connectivity index (χ3v) is 6.58. The van der Waals surface area contributed by atoms with E-state index in [4.69, 9.17) is 0 Å². The molecule has 4 saturated carbocycles. The molecule has 0 amide bonds. The summed E-state index contributed by atoms with van der Waals surface area (Å²) >= 11 is 0. The molecule has 4 bridgehead atoms. The Labute approximate surface area is 116 Å². The van der Waals surface area contributed by atoms with Crippen LogP contribution in [-0.2, 0) is 4.79 Å². The smallest absolute Gasteiger partial charge is 0.138 e. The number of hydrogen-bond acceptors (Lipinski definition) is 2. The lowest BCUT2D eigenvalue weighted by Crippen LogP contribution is -2.46. The Morgan fingerprint density at radius 2 is 1.68 bits per heavy atom. The third kappa shape index (κ3) is 2.26. The van der Waals surface area contributed by atoms with Gasteiger partial charge in [-0.1, -0.05) is 0 Å². The van der Waals surface area contributed by atoms with Crippen LogP contribution in [0.3, 0.4) is 0 Å². The van der Waals surface area contributed by atoms with Gasteiger partial charge < -0.3 is 5.32 Å². The molecule has 2 nitrogen and oxygen atoms in total. The van der Waals surface area contributed by atoms with Crippen molar-refractivity contribution >= 4 is 5.78 Å². The van der Waals surface area contributed by atoms with Gasteiger partial charge in [-0.25, -0.2) is 0 Å². The molecular formula is C17H27NO. The molecule has 4 aliphatic carbocycles. The van der Waals surface area contributed by atoms with Gasteiger partial charge in [-0.2, -0.15) is 0 Å². The van der Waals surface area contributed by atoms with E-state index in [0.29, 0.717) is 17.1 Å². The fourth-order valence-corrected chi connectivity index (χ4v) is 6.15. The predicted molar refractivity (Wildman–Crippen MR) is 75.8 cm³/mol. The largest absolute Gasteiger partial charge is 0.316 e. The van der Waals surface area contributed by atoms with Crippen molar-refractivity contribution in [1.29, 1.82) is 0 Å². The minimum Gasteiger partial charge on any atom is -0.316 e. The van der Waals surface area contributed by atoms with Crippen molar-refractivity contribution < 1.29 is 4.79 Å². The molecule has 106 valence electrons. The minimum absolute atomic E-state index is 0.335. The van der Waals surface area contributed by atoms with Gasteiger partial charge in [0.2, 0.25) is 0 Å². The quantitative estimate of drug-likeness (QED) is 0.845. The van der Waals surface area contributed by atoms with Gasteiger partial charge in [-0.3, -0.25) is 4.79 Å². The number of piperidine rings is 1. The fraction of sp³-hybridized carbons (Fsp3) is 0.941. The van der Waals surface area contributed by atoms with Crippen molar-refractivity contribution in [3.05, 3.63) is 0 Å². The molecule has 0 aromatic rings. The zero-order chi connectivity index (χ0) is 12.9. The van der Waals surface area contributed by atoms with Crippen molar-refractivity contribution in [2.24, 2.45) is 29.1 Å². The van der Waals surface area contributed by atoms with Crippen LogP contribution in [0, 0.1) is 29.1 Å². The Balaban J connectivity index is 1.41. The number of Topliss-reactive ketones (excluding diaryl/α,β-unsaturated/α-hetero) is 1. The van der Waals surface area contributed by atoms with Crippen LogP contribution in [0.15, 0.2) is 0 Å². The number of carbonyl (C=O) groups is 1. The second-order valence-electron chi connectivity index (χ2n) is 8.07. The summed E-state index contributed by atoms with van der Waals surface area (Å²) in [7, 11) is 0. The molecule has 0 aromatic carbocycles. The summed E-state index contributed by atoms with van der Waals surface area (Å²) in [4.78, 5) is 12.0. The maximum absolute atomic E-state index is 12.0. The van der Waals surface area contributed by atoms with E-state index in [1.165, 1.54) is 44.9 Å². The van der Waals surface area contributed by atoms with E-state index in [2.05, 4.69) is 5.32 Å². The van der Waals surface area contributed by atoms with Crippen molar-refractivity contribution in [2.75, 3.05) is 13.1 Å². The van der Waals surface area contributed by atoms with Crippen molar-refractivity contribution in [1.82, 2.24) is 5.32 Å². The summed E-state index contributed by atoms with van der Waals surface area (Å²) in [6.45, 7) is 1.86. The lowest BCUT2D eigenvalue weighted by molar-refractivity contribution is -0.124. The Kier molecular flexibility index (Phi) is 2.98. The first-order valence-corrected chi connectivity index (χ1v) is 8.46. The van der Waals surface area contributed by atoms with Gasteiger partial charge in [-0.15, -0.1) is 0 Å². The van der Waals surface area contributed by atoms with E-state index in [9.17, 15) is 4.79 Å². The van der Waals surface area contributed by atoms with E-state index in [1.54, 1.807) is 0 Å². The average molecular weight is 261 g/mol. The monoisotopic (exact) mass is 261 g/mol. The molecule has 1 atom stereocenters. The first-order chi connectivity index (χ1) is 9.22. The summed E-state index contributed by atoms with van der Waals surface area (Å²) in [6, 6.07) is 0. The number of carbonyl (C=O) groups excluding carboxylic acids is 1. The second-order valence-corrected chi connectivity index (χ2v) is 8.07. The summed E-state index contributed by atoms with van der Waals surface area (Å²) < 4.78 is 0. The predicted octanol–water partition coefficient (Wildman–Crippen LogP) is 3.16. The molecule has 1 aliphatic heterocycles. The summed E-state index contributed by atoms with van der Waals surface area (Å²) in [5, 5.41) is 3.40. The Bertz CT molecular complexity index is 340. The summed E-state index contributed by atoms with van der Waals surface area (Å²) in [5.74, 6) is 4.01. The molecule has 5 fully saturated rings. The highest BCUT2D eigenvalue weighted by Gasteiger charge is 2.50. The highest BCUT2D eigenvalue weighted by Crippen LogP contribution is 2.61. The Morgan fingerprint density at radius 3 is 2.26 bits per heavy atom. The summed E-state index contributed by atoms with van der Waals surface area (Å²) in [6.07, 6.45) is 12.3. The van der Waals surface area contributed by atoms with Crippen LogP contribution >= 0.6 is 0 Å². The van der Waals surface area contributed by atoms with Gasteiger partial charge in [0.1, 0.15) is 5.78 Å². The molecular weight excluding hydrogens is 234 g/mol. The molecule has 19 heavy (non-hydrogen) atoms. The van der Waals surface area contributed by atoms with Crippen LogP contribution in [0.4, 0.5) is 0 Å². The molecule has 1 N–H and O–H groups in total. The van der Waals surface area contributed by atoms with Gasteiger partial charge in [-0.05, 0) is 74.5 Å². The van der Waals surface area contributed by atoms with Crippen LogP contribution in [0.1, 0.15) is 57.8 Å². The fourth-order valence-electron chi connectivity index (χ4n) is 6.15. The highest BCUT2D eigenvalue weighted by molar-refractivity contribution is 5.82. The number of rotatable bonds is 3. The maximum Gasteiger partial charge on any atom is 0.138 e. The molecule has 5 rings (SSSR count). The van der Waals surface area contributed by atoms with Crippen LogP contribution in [-0.4, -0.2) is 18.9 Å². The normalized spacial score (nSPS) is 48.7. The van der Waals surface area contributed by atoms with Gasteiger partial charge >= 0.3 is 0 Å². The van der Waals surface area contributed by atoms with Gasteiger partial charge in [0.15, 0.2) is 0 Å². The second kappa shape index (κ2) is 4.58. The lowest BCUT2D eigenvalue weighted by atomic mass is 9.48. The van der Waals surface area contributed by atoms with E-state index in [0.717, 1.165) is 43.7 Å². The molecule has 1 heterocycles. The molecule has 1 saturated heterocycles. The standard InChI is InChI=1S/C17H27NO/c19-16-2-4-18-11-15(16)1-3-17-8-12-5-13(9-17)7-14(6-12)10-17/h12-15,18H,1-11H2. The van der Waals surface area contributed by atoms with Gasteiger partial charge in [0.05, 0.1) is 0 Å². The van der Waals surface area contributed by atoms with E-state index >= 15 is 0 Å². The van der Waals surface area contributed by atoms with E-state index in [1.807, 2.05) is 0 Å². The van der Waals surface area contributed by atoms with E-state index in [-0.39, 0.29) is 0 Å². The summed E-state index contributed by atoms with van der Waals surface area (Å²) in [5.41, 5.74) is 0.659. The Hall–Kier alpha value is -0.370. The Morgan fingerprint density at radius 1 is 1.05 bits per heavy atom. The zero-order valence-corrected chi connectivity index (χ0v) is 12.0. The number of ketones is 1. The number of hydrogen-bond donors (Lipinski definition) is 1. The first-order valence-electron chi connectivity index (χ1n) is 8.46. The van der Waals surface area contributed by atoms with E-state index < -0.39 is 0 Å². The molecule has 0 aromatic heterocycles. The maximum atomic E-state index is 12.0.